The van der Waals surface area contributed by atoms with E-state index in [4.69, 9.17) is 4.74 Å². The van der Waals surface area contributed by atoms with Gasteiger partial charge in [-0.1, -0.05) is 24.3 Å². The SMILES string of the molecule is Cc1ccc(NC(=O)CSCCCCOc2ccccc2C)cc1C. The minimum absolute atomic E-state index is 0.0596. The van der Waals surface area contributed by atoms with Gasteiger partial charge in [0.15, 0.2) is 0 Å². The highest BCUT2D eigenvalue weighted by molar-refractivity contribution is 7.99. The number of carbonyl (C=O) groups is 1. The smallest absolute Gasteiger partial charge is 0.234 e. The first kappa shape index (κ1) is 19.4. The molecule has 0 aliphatic rings. The second-order valence-corrected chi connectivity index (χ2v) is 7.33. The third kappa shape index (κ3) is 6.83. The van der Waals surface area contributed by atoms with Crippen molar-refractivity contribution in [3.8, 4) is 5.75 Å². The van der Waals surface area contributed by atoms with Crippen LogP contribution in [0.5, 0.6) is 5.75 Å². The molecule has 25 heavy (non-hydrogen) atoms. The summed E-state index contributed by atoms with van der Waals surface area (Å²) in [4.78, 5) is 12.0. The van der Waals surface area contributed by atoms with E-state index in [2.05, 4.69) is 32.2 Å². The van der Waals surface area contributed by atoms with Crippen LogP contribution < -0.4 is 10.1 Å². The van der Waals surface area contributed by atoms with Gasteiger partial charge in [0, 0.05) is 5.69 Å². The third-order valence-corrected chi connectivity index (χ3v) is 5.10. The molecule has 0 unspecified atom stereocenters. The van der Waals surface area contributed by atoms with E-state index in [0.717, 1.165) is 36.6 Å². The van der Waals surface area contributed by atoms with Gasteiger partial charge in [-0.3, -0.25) is 4.79 Å². The van der Waals surface area contributed by atoms with E-state index in [0.29, 0.717) is 5.75 Å². The van der Waals surface area contributed by atoms with Gasteiger partial charge in [-0.05, 0) is 74.3 Å². The molecule has 0 aromatic heterocycles. The Morgan fingerprint density at radius 3 is 2.56 bits per heavy atom. The molecule has 3 nitrogen and oxygen atoms in total. The molecular weight excluding hydrogens is 330 g/mol. The van der Waals surface area contributed by atoms with Gasteiger partial charge in [-0.2, -0.15) is 11.8 Å². The first-order valence-corrected chi connectivity index (χ1v) is 9.85. The maximum absolute atomic E-state index is 12.0. The molecule has 134 valence electrons. The van der Waals surface area contributed by atoms with Crippen LogP contribution in [0.4, 0.5) is 5.69 Å². The Hall–Kier alpha value is -1.94. The molecule has 2 rings (SSSR count). The number of hydrogen-bond donors (Lipinski definition) is 1. The molecule has 0 saturated heterocycles. The fraction of sp³-hybridized carbons (Fsp3) is 0.381. The second-order valence-electron chi connectivity index (χ2n) is 6.22. The highest BCUT2D eigenvalue weighted by atomic mass is 32.2. The van der Waals surface area contributed by atoms with Crippen LogP contribution in [0.25, 0.3) is 0 Å². The van der Waals surface area contributed by atoms with Crippen molar-refractivity contribution in [2.45, 2.75) is 33.6 Å². The molecule has 0 heterocycles. The summed E-state index contributed by atoms with van der Waals surface area (Å²) in [6.07, 6.45) is 2.05. The van der Waals surface area contributed by atoms with E-state index >= 15 is 0 Å². The van der Waals surface area contributed by atoms with Gasteiger partial charge < -0.3 is 10.1 Å². The number of hydrogen-bond acceptors (Lipinski definition) is 3. The predicted molar refractivity (Wildman–Crippen MR) is 108 cm³/mol. The number of rotatable bonds is 9. The maximum Gasteiger partial charge on any atom is 0.234 e. The van der Waals surface area contributed by atoms with Crippen molar-refractivity contribution in [3.05, 3.63) is 59.2 Å². The summed E-state index contributed by atoms with van der Waals surface area (Å²) in [5, 5.41) is 2.96. The molecule has 0 atom stereocenters. The number of ether oxygens (including phenoxy) is 1. The van der Waals surface area contributed by atoms with Crippen LogP contribution in [0, 0.1) is 20.8 Å². The zero-order valence-corrected chi connectivity index (χ0v) is 16.1. The summed E-state index contributed by atoms with van der Waals surface area (Å²) in [7, 11) is 0. The van der Waals surface area contributed by atoms with Crippen LogP contribution in [0.2, 0.25) is 0 Å². The normalized spacial score (nSPS) is 10.5. The van der Waals surface area contributed by atoms with Crippen molar-refractivity contribution in [2.75, 3.05) is 23.4 Å². The van der Waals surface area contributed by atoms with E-state index < -0.39 is 0 Å². The molecule has 2 aromatic rings. The minimum atomic E-state index is 0.0596. The van der Waals surface area contributed by atoms with E-state index in [1.807, 2.05) is 36.4 Å². The average Bonchev–Trinajstić information content (AvgIpc) is 2.59. The topological polar surface area (TPSA) is 38.3 Å². The van der Waals surface area contributed by atoms with Crippen molar-refractivity contribution in [3.63, 3.8) is 0 Å². The first-order chi connectivity index (χ1) is 12.1. The van der Waals surface area contributed by atoms with Gasteiger partial charge in [0.25, 0.3) is 0 Å². The number of nitrogens with one attached hydrogen (secondary N) is 1. The van der Waals surface area contributed by atoms with Gasteiger partial charge >= 0.3 is 0 Å². The van der Waals surface area contributed by atoms with E-state index in [-0.39, 0.29) is 5.91 Å². The summed E-state index contributed by atoms with van der Waals surface area (Å²) in [6, 6.07) is 14.1. The Balaban J connectivity index is 1.56. The van der Waals surface area contributed by atoms with Crippen molar-refractivity contribution in [2.24, 2.45) is 0 Å². The highest BCUT2D eigenvalue weighted by Crippen LogP contribution is 2.17. The first-order valence-electron chi connectivity index (χ1n) is 8.69. The van der Waals surface area contributed by atoms with Gasteiger partial charge in [-0.25, -0.2) is 0 Å². The average molecular weight is 358 g/mol. The van der Waals surface area contributed by atoms with Crippen LogP contribution in [0.1, 0.15) is 29.5 Å². The monoisotopic (exact) mass is 357 g/mol. The van der Waals surface area contributed by atoms with Gasteiger partial charge in [0.2, 0.25) is 5.91 Å². The zero-order chi connectivity index (χ0) is 18.1. The maximum atomic E-state index is 12.0. The molecule has 4 heteroatoms. The van der Waals surface area contributed by atoms with Crippen molar-refractivity contribution < 1.29 is 9.53 Å². The van der Waals surface area contributed by atoms with Gasteiger partial charge in [-0.15, -0.1) is 0 Å². The van der Waals surface area contributed by atoms with Gasteiger partial charge in [0.05, 0.1) is 12.4 Å². The largest absolute Gasteiger partial charge is 0.493 e. The Kier molecular flexibility index (Phi) is 7.86. The number of para-hydroxylation sites is 1. The van der Waals surface area contributed by atoms with Crippen LogP contribution in [0.3, 0.4) is 0 Å². The molecule has 1 N–H and O–H groups in total. The fourth-order valence-electron chi connectivity index (χ4n) is 2.39. The molecule has 2 aromatic carbocycles. The van der Waals surface area contributed by atoms with Crippen molar-refractivity contribution in [1.29, 1.82) is 0 Å². The minimum Gasteiger partial charge on any atom is -0.493 e. The predicted octanol–water partition coefficient (Wildman–Crippen LogP) is 5.14. The van der Waals surface area contributed by atoms with Gasteiger partial charge in [0.1, 0.15) is 5.75 Å². The molecule has 0 radical (unpaired) electrons. The Bertz CT molecular complexity index is 700. The molecule has 0 aliphatic carbocycles. The van der Waals surface area contributed by atoms with E-state index in [9.17, 15) is 4.79 Å². The summed E-state index contributed by atoms with van der Waals surface area (Å²) in [5.41, 5.74) is 4.47. The molecule has 0 aliphatic heterocycles. The summed E-state index contributed by atoms with van der Waals surface area (Å²) < 4.78 is 5.78. The van der Waals surface area contributed by atoms with Crippen molar-refractivity contribution >= 4 is 23.4 Å². The van der Waals surface area contributed by atoms with Crippen molar-refractivity contribution in [1.82, 2.24) is 0 Å². The molecular formula is C21H27NO2S. The van der Waals surface area contributed by atoms with E-state index in [1.165, 1.54) is 16.7 Å². The lowest BCUT2D eigenvalue weighted by Crippen LogP contribution is -2.14. The lowest BCUT2D eigenvalue weighted by molar-refractivity contribution is -0.113. The molecule has 0 saturated carbocycles. The number of aryl methyl sites for hydroxylation is 3. The van der Waals surface area contributed by atoms with Crippen LogP contribution in [-0.2, 0) is 4.79 Å². The summed E-state index contributed by atoms with van der Waals surface area (Å²) >= 11 is 1.67. The molecule has 0 bridgehead atoms. The van der Waals surface area contributed by atoms with E-state index in [1.54, 1.807) is 11.8 Å². The number of benzene rings is 2. The summed E-state index contributed by atoms with van der Waals surface area (Å²) in [5.74, 6) is 2.48. The van der Waals surface area contributed by atoms with Crippen LogP contribution >= 0.6 is 11.8 Å². The lowest BCUT2D eigenvalue weighted by Gasteiger charge is -2.09. The highest BCUT2D eigenvalue weighted by Gasteiger charge is 2.04. The van der Waals surface area contributed by atoms with Crippen LogP contribution in [-0.4, -0.2) is 24.0 Å². The van der Waals surface area contributed by atoms with Crippen LogP contribution in [0.15, 0.2) is 42.5 Å². The number of thioether (sulfide) groups is 1. The molecule has 0 spiro atoms. The Morgan fingerprint density at radius 2 is 1.80 bits per heavy atom. The third-order valence-electron chi connectivity index (χ3n) is 4.06. The fourth-order valence-corrected chi connectivity index (χ4v) is 3.20. The number of anilines is 1. The number of amides is 1. The lowest BCUT2D eigenvalue weighted by atomic mass is 10.1. The zero-order valence-electron chi connectivity index (χ0n) is 15.3. The molecule has 1 amide bonds. The quantitative estimate of drug-likeness (QED) is 0.631. The summed E-state index contributed by atoms with van der Waals surface area (Å²) in [6.45, 7) is 6.90. The standard InChI is InChI=1S/C21H27NO2S/c1-16-10-11-19(14-18(16)3)22-21(23)15-25-13-7-6-12-24-20-9-5-4-8-17(20)2/h4-5,8-11,14H,6-7,12-13,15H2,1-3H3,(H,22,23). The number of carbonyl (C=O) groups excluding carboxylic acids is 1. The molecule has 0 fully saturated rings. The second kappa shape index (κ2) is 10.1. The Labute approximate surface area is 155 Å². The number of unbranched alkanes of at least 4 members (excludes halogenated alkanes) is 1. The Morgan fingerprint density at radius 1 is 1.00 bits per heavy atom.